The van der Waals surface area contributed by atoms with Gasteiger partial charge in [-0.3, -0.25) is 0 Å². The van der Waals surface area contributed by atoms with E-state index in [1.54, 1.807) is 12.1 Å². The predicted molar refractivity (Wildman–Crippen MR) is 80.2 cm³/mol. The van der Waals surface area contributed by atoms with Gasteiger partial charge in [-0.25, -0.2) is 13.1 Å². The summed E-state index contributed by atoms with van der Waals surface area (Å²) in [6.45, 7) is 1.38. The van der Waals surface area contributed by atoms with Gasteiger partial charge in [-0.1, -0.05) is 30.3 Å². The van der Waals surface area contributed by atoms with Crippen LogP contribution in [0.5, 0.6) is 0 Å². The maximum atomic E-state index is 12.0. The highest BCUT2D eigenvalue weighted by molar-refractivity contribution is 7.89. The van der Waals surface area contributed by atoms with Gasteiger partial charge in [0, 0.05) is 6.54 Å². The van der Waals surface area contributed by atoms with Gasteiger partial charge in [-0.15, -0.1) is 0 Å². The van der Waals surface area contributed by atoms with Crippen LogP contribution in [0, 0.1) is 0 Å². The molecule has 21 heavy (non-hydrogen) atoms. The van der Waals surface area contributed by atoms with Gasteiger partial charge in [-0.2, -0.15) is 0 Å². The van der Waals surface area contributed by atoms with Gasteiger partial charge in [0.25, 0.3) is 0 Å². The van der Waals surface area contributed by atoms with E-state index in [-0.39, 0.29) is 12.3 Å². The largest absolute Gasteiger partial charge is 0.466 e. The van der Waals surface area contributed by atoms with Gasteiger partial charge in [0.2, 0.25) is 10.0 Å². The maximum Gasteiger partial charge on any atom is 0.212 e. The molecule has 6 heteroatoms. The van der Waals surface area contributed by atoms with Crippen LogP contribution in [0.1, 0.15) is 18.2 Å². The quantitative estimate of drug-likeness (QED) is 0.815. The molecule has 1 unspecified atom stereocenters. The van der Waals surface area contributed by atoms with Gasteiger partial charge in [0.1, 0.15) is 11.4 Å². The molecule has 0 aliphatic rings. The molecule has 0 saturated heterocycles. The molecule has 2 aromatic rings. The fraction of sp³-hybridized carbons (Fsp3) is 0.333. The number of hydrogen-bond donors (Lipinski definition) is 2. The molecule has 0 saturated carbocycles. The average molecular weight is 309 g/mol. The van der Waals surface area contributed by atoms with Crippen LogP contribution in [0.15, 0.2) is 53.1 Å². The molecular weight excluding hydrogens is 290 g/mol. The highest BCUT2D eigenvalue weighted by Crippen LogP contribution is 2.20. The van der Waals surface area contributed by atoms with Gasteiger partial charge in [0.15, 0.2) is 0 Å². The molecule has 5 nitrogen and oxygen atoms in total. The van der Waals surface area contributed by atoms with Crippen LogP contribution in [0.3, 0.4) is 0 Å². The Morgan fingerprint density at radius 2 is 1.90 bits per heavy atom. The molecule has 0 aliphatic carbocycles. The number of furan rings is 1. The van der Waals surface area contributed by atoms with Crippen molar-refractivity contribution in [3.8, 4) is 0 Å². The molecule has 1 atom stereocenters. The fourth-order valence-electron chi connectivity index (χ4n) is 1.89. The zero-order valence-electron chi connectivity index (χ0n) is 11.8. The van der Waals surface area contributed by atoms with E-state index in [2.05, 4.69) is 4.72 Å². The third-order valence-electron chi connectivity index (χ3n) is 3.19. The van der Waals surface area contributed by atoms with E-state index in [4.69, 9.17) is 4.42 Å². The molecule has 1 heterocycles. The smallest absolute Gasteiger partial charge is 0.212 e. The number of nitrogens with one attached hydrogen (secondary N) is 1. The molecule has 0 bridgehead atoms. The first-order valence-electron chi connectivity index (χ1n) is 6.67. The SMILES string of the molecule is CC(O)(CNS(=O)(=O)CCc1ccccc1)c1ccco1. The van der Waals surface area contributed by atoms with Crippen molar-refractivity contribution in [1.29, 1.82) is 0 Å². The van der Waals surface area contributed by atoms with Crippen LogP contribution in [0.2, 0.25) is 0 Å². The Hall–Kier alpha value is -1.63. The van der Waals surface area contributed by atoms with E-state index < -0.39 is 15.6 Å². The number of aryl methyl sites for hydroxylation is 1. The van der Waals surface area contributed by atoms with E-state index in [0.717, 1.165) is 5.56 Å². The molecule has 0 fully saturated rings. The molecule has 2 N–H and O–H groups in total. The van der Waals surface area contributed by atoms with Crippen molar-refractivity contribution in [1.82, 2.24) is 4.72 Å². The summed E-state index contributed by atoms with van der Waals surface area (Å²) in [7, 11) is -3.46. The molecule has 0 amide bonds. The Morgan fingerprint density at radius 1 is 1.19 bits per heavy atom. The molecule has 0 radical (unpaired) electrons. The molecule has 2 rings (SSSR count). The second-order valence-electron chi connectivity index (χ2n) is 5.13. The lowest BCUT2D eigenvalue weighted by molar-refractivity contribution is 0.0395. The zero-order valence-corrected chi connectivity index (χ0v) is 12.6. The van der Waals surface area contributed by atoms with Gasteiger partial charge in [-0.05, 0) is 31.0 Å². The normalized spacial score (nSPS) is 14.8. The average Bonchev–Trinajstić information content (AvgIpc) is 3.00. The van der Waals surface area contributed by atoms with Crippen molar-refractivity contribution in [2.45, 2.75) is 18.9 Å². The van der Waals surface area contributed by atoms with Crippen molar-refractivity contribution in [2.75, 3.05) is 12.3 Å². The monoisotopic (exact) mass is 309 g/mol. The van der Waals surface area contributed by atoms with Crippen molar-refractivity contribution in [3.63, 3.8) is 0 Å². The standard InChI is InChI=1S/C15H19NO4S/c1-15(17,14-8-5-10-20-14)12-16-21(18,19)11-9-13-6-3-2-4-7-13/h2-8,10,16-17H,9,11-12H2,1H3. The molecule has 0 aliphatic heterocycles. The Kier molecular flexibility index (Phi) is 4.82. The topological polar surface area (TPSA) is 79.5 Å². The summed E-state index contributed by atoms with van der Waals surface area (Å²) in [5.41, 5.74) is -0.413. The van der Waals surface area contributed by atoms with Crippen molar-refractivity contribution in [2.24, 2.45) is 0 Å². The third-order valence-corrected chi connectivity index (χ3v) is 4.52. The number of benzene rings is 1. The molecule has 1 aromatic heterocycles. The first-order valence-corrected chi connectivity index (χ1v) is 8.32. The number of sulfonamides is 1. The number of rotatable bonds is 7. The first kappa shape index (κ1) is 15.8. The van der Waals surface area contributed by atoms with E-state index in [1.165, 1.54) is 13.2 Å². The van der Waals surface area contributed by atoms with Crippen LogP contribution in [0.4, 0.5) is 0 Å². The van der Waals surface area contributed by atoms with E-state index >= 15 is 0 Å². The van der Waals surface area contributed by atoms with Crippen LogP contribution in [0.25, 0.3) is 0 Å². The second-order valence-corrected chi connectivity index (χ2v) is 7.05. The van der Waals surface area contributed by atoms with Crippen molar-refractivity contribution < 1.29 is 17.9 Å². The van der Waals surface area contributed by atoms with E-state index in [1.807, 2.05) is 30.3 Å². The summed E-state index contributed by atoms with van der Waals surface area (Å²) in [6.07, 6.45) is 1.87. The van der Waals surface area contributed by atoms with Crippen LogP contribution in [-0.2, 0) is 22.0 Å². The molecule has 0 spiro atoms. The van der Waals surface area contributed by atoms with Crippen LogP contribution >= 0.6 is 0 Å². The summed E-state index contributed by atoms with van der Waals surface area (Å²) in [4.78, 5) is 0. The summed E-state index contributed by atoms with van der Waals surface area (Å²) in [5, 5.41) is 10.2. The zero-order chi connectivity index (χ0) is 15.3. The third kappa shape index (κ3) is 4.70. The van der Waals surface area contributed by atoms with E-state index in [9.17, 15) is 13.5 Å². The second kappa shape index (κ2) is 6.43. The lowest BCUT2D eigenvalue weighted by atomic mass is 10.1. The van der Waals surface area contributed by atoms with Crippen molar-refractivity contribution >= 4 is 10.0 Å². The minimum absolute atomic E-state index is 0.0226. The Balaban J connectivity index is 1.89. The summed E-state index contributed by atoms with van der Waals surface area (Å²) < 4.78 is 31.5. The summed E-state index contributed by atoms with van der Waals surface area (Å²) in [5.74, 6) is 0.305. The molecule has 1 aromatic carbocycles. The van der Waals surface area contributed by atoms with Crippen LogP contribution < -0.4 is 4.72 Å². The Labute approximate surface area is 124 Å². The number of hydrogen-bond acceptors (Lipinski definition) is 4. The van der Waals surface area contributed by atoms with Crippen LogP contribution in [-0.4, -0.2) is 25.8 Å². The predicted octanol–water partition coefficient (Wildman–Crippen LogP) is 1.65. The van der Waals surface area contributed by atoms with Gasteiger partial charge in [0.05, 0.1) is 12.0 Å². The van der Waals surface area contributed by atoms with Gasteiger partial charge < -0.3 is 9.52 Å². The maximum absolute atomic E-state index is 12.0. The molecular formula is C15H19NO4S. The Bertz CT molecular complexity index is 648. The minimum atomic E-state index is -3.46. The summed E-state index contributed by atoms with van der Waals surface area (Å²) >= 11 is 0. The lowest BCUT2D eigenvalue weighted by Crippen LogP contribution is -2.39. The first-order chi connectivity index (χ1) is 9.89. The summed E-state index contributed by atoms with van der Waals surface area (Å²) in [6, 6.07) is 12.7. The van der Waals surface area contributed by atoms with E-state index in [0.29, 0.717) is 12.2 Å². The minimum Gasteiger partial charge on any atom is -0.466 e. The highest BCUT2D eigenvalue weighted by atomic mass is 32.2. The number of aliphatic hydroxyl groups is 1. The molecule has 114 valence electrons. The van der Waals surface area contributed by atoms with Gasteiger partial charge >= 0.3 is 0 Å². The Morgan fingerprint density at radius 3 is 2.52 bits per heavy atom. The fourth-order valence-corrected chi connectivity index (χ4v) is 3.04. The van der Waals surface area contributed by atoms with Crippen molar-refractivity contribution in [3.05, 3.63) is 60.1 Å². The lowest BCUT2D eigenvalue weighted by Gasteiger charge is -2.21. The highest BCUT2D eigenvalue weighted by Gasteiger charge is 2.28.